The lowest BCUT2D eigenvalue weighted by molar-refractivity contribution is 0.405. The Bertz CT molecular complexity index is 281. The zero-order valence-corrected chi connectivity index (χ0v) is 8.50. The number of hydrogen-bond donors (Lipinski definition) is 1. The summed E-state index contributed by atoms with van der Waals surface area (Å²) in [5.41, 5.74) is 8.10. The number of rotatable bonds is 3. The molecule has 0 heterocycles. The fourth-order valence-corrected chi connectivity index (χ4v) is 1.51. The van der Waals surface area contributed by atoms with Crippen LogP contribution >= 0.6 is 0 Å². The second-order valence-electron chi connectivity index (χ2n) is 3.45. The van der Waals surface area contributed by atoms with Crippen molar-refractivity contribution < 1.29 is 4.74 Å². The maximum Gasteiger partial charge on any atom is 0.125 e. The van der Waals surface area contributed by atoms with Crippen LogP contribution in [0.5, 0.6) is 5.75 Å². The molecule has 0 aliphatic heterocycles. The molecule has 0 saturated heterocycles. The molecule has 13 heavy (non-hydrogen) atoms. The molecule has 2 heteroatoms. The van der Waals surface area contributed by atoms with Crippen molar-refractivity contribution >= 4 is 0 Å². The number of aryl methyl sites for hydroxylation is 1. The Kier molecular flexibility index (Phi) is 3.32. The molecule has 0 unspecified atom stereocenters. The van der Waals surface area contributed by atoms with E-state index in [1.165, 1.54) is 11.1 Å². The van der Waals surface area contributed by atoms with E-state index in [0.717, 1.165) is 12.2 Å². The first-order valence-corrected chi connectivity index (χ1v) is 4.53. The van der Waals surface area contributed by atoms with Gasteiger partial charge in [-0.15, -0.1) is 0 Å². The molecule has 0 amide bonds. The molecule has 0 saturated carbocycles. The van der Waals surface area contributed by atoms with Gasteiger partial charge in [0.05, 0.1) is 7.11 Å². The van der Waals surface area contributed by atoms with Crippen LogP contribution in [0, 0.1) is 6.92 Å². The maximum absolute atomic E-state index is 5.74. The van der Waals surface area contributed by atoms with Crippen molar-refractivity contribution in [1.29, 1.82) is 0 Å². The summed E-state index contributed by atoms with van der Waals surface area (Å²) in [5.74, 6) is 0.972. The lowest BCUT2D eigenvalue weighted by Gasteiger charge is -2.12. The first-order chi connectivity index (χ1) is 6.15. The van der Waals surface area contributed by atoms with E-state index in [-0.39, 0.29) is 6.04 Å². The highest BCUT2D eigenvalue weighted by atomic mass is 16.5. The van der Waals surface area contributed by atoms with Crippen LogP contribution in [0.15, 0.2) is 18.2 Å². The van der Waals surface area contributed by atoms with Crippen LogP contribution in [0.3, 0.4) is 0 Å². The summed E-state index contributed by atoms with van der Waals surface area (Å²) in [6.45, 7) is 4.05. The van der Waals surface area contributed by atoms with Crippen molar-refractivity contribution in [1.82, 2.24) is 0 Å². The fraction of sp³-hybridized carbons (Fsp3) is 0.455. The summed E-state index contributed by atoms with van der Waals surface area (Å²) in [6.07, 6.45) is 0.866. The van der Waals surface area contributed by atoms with Gasteiger partial charge in [-0.1, -0.05) is 18.2 Å². The quantitative estimate of drug-likeness (QED) is 0.769. The number of para-hydroxylation sites is 1. The molecule has 0 fully saturated rings. The van der Waals surface area contributed by atoms with E-state index >= 15 is 0 Å². The number of hydrogen-bond acceptors (Lipinski definition) is 2. The van der Waals surface area contributed by atoms with Crippen LogP contribution in [0.4, 0.5) is 0 Å². The number of benzene rings is 1. The standard InChI is InChI=1S/C11H17NO/c1-8-5-4-6-10(7-9(2)12)11(8)13-3/h4-6,9H,7,12H2,1-3H3/t9-/m1/s1. The second-order valence-corrected chi connectivity index (χ2v) is 3.45. The first-order valence-electron chi connectivity index (χ1n) is 4.53. The molecule has 1 aromatic carbocycles. The normalized spacial score (nSPS) is 12.6. The summed E-state index contributed by atoms with van der Waals surface area (Å²) in [6, 6.07) is 6.32. The van der Waals surface area contributed by atoms with Crippen molar-refractivity contribution in [3.05, 3.63) is 29.3 Å². The van der Waals surface area contributed by atoms with Crippen molar-refractivity contribution in [2.75, 3.05) is 7.11 Å². The summed E-state index contributed by atoms with van der Waals surface area (Å²) in [4.78, 5) is 0. The fourth-order valence-electron chi connectivity index (χ4n) is 1.51. The van der Waals surface area contributed by atoms with Crippen LogP contribution in [0.2, 0.25) is 0 Å². The molecule has 0 aromatic heterocycles. The Morgan fingerprint density at radius 3 is 2.69 bits per heavy atom. The Hall–Kier alpha value is -1.02. The van der Waals surface area contributed by atoms with Gasteiger partial charge in [0, 0.05) is 6.04 Å². The third-order valence-corrected chi connectivity index (χ3v) is 2.04. The second kappa shape index (κ2) is 4.28. The van der Waals surface area contributed by atoms with Crippen LogP contribution in [0.25, 0.3) is 0 Å². The zero-order valence-electron chi connectivity index (χ0n) is 8.50. The van der Waals surface area contributed by atoms with Gasteiger partial charge in [-0.05, 0) is 31.4 Å². The molecule has 1 atom stereocenters. The highest BCUT2D eigenvalue weighted by molar-refractivity contribution is 5.41. The number of ether oxygens (including phenoxy) is 1. The van der Waals surface area contributed by atoms with Crippen LogP contribution in [-0.2, 0) is 6.42 Å². The van der Waals surface area contributed by atoms with Crippen LogP contribution < -0.4 is 10.5 Å². The third kappa shape index (κ3) is 2.46. The average Bonchev–Trinajstić information content (AvgIpc) is 2.03. The zero-order chi connectivity index (χ0) is 9.84. The maximum atomic E-state index is 5.74. The molecule has 0 radical (unpaired) electrons. The number of methoxy groups -OCH3 is 1. The monoisotopic (exact) mass is 179 g/mol. The van der Waals surface area contributed by atoms with E-state index in [0.29, 0.717) is 0 Å². The van der Waals surface area contributed by atoms with E-state index in [4.69, 9.17) is 10.5 Å². The third-order valence-electron chi connectivity index (χ3n) is 2.04. The van der Waals surface area contributed by atoms with Gasteiger partial charge < -0.3 is 10.5 Å². The molecule has 0 aliphatic carbocycles. The minimum Gasteiger partial charge on any atom is -0.496 e. The van der Waals surface area contributed by atoms with Gasteiger partial charge >= 0.3 is 0 Å². The molecular formula is C11H17NO. The van der Waals surface area contributed by atoms with Crippen molar-refractivity contribution in [2.45, 2.75) is 26.3 Å². The Morgan fingerprint density at radius 2 is 2.15 bits per heavy atom. The average molecular weight is 179 g/mol. The molecule has 2 nitrogen and oxygen atoms in total. The van der Waals surface area contributed by atoms with Crippen molar-refractivity contribution in [3.8, 4) is 5.75 Å². The van der Waals surface area contributed by atoms with Gasteiger partial charge in [-0.25, -0.2) is 0 Å². The molecule has 72 valence electrons. The molecule has 2 N–H and O–H groups in total. The van der Waals surface area contributed by atoms with Gasteiger partial charge in [0.1, 0.15) is 5.75 Å². The molecule has 0 bridgehead atoms. The molecule has 0 spiro atoms. The Labute approximate surface area is 79.7 Å². The van der Waals surface area contributed by atoms with Gasteiger partial charge in [0.2, 0.25) is 0 Å². The van der Waals surface area contributed by atoms with E-state index in [1.54, 1.807) is 7.11 Å². The Balaban J connectivity index is 2.98. The predicted molar refractivity (Wildman–Crippen MR) is 55.1 cm³/mol. The van der Waals surface area contributed by atoms with Crippen molar-refractivity contribution in [3.63, 3.8) is 0 Å². The predicted octanol–water partition coefficient (Wildman–Crippen LogP) is 1.89. The van der Waals surface area contributed by atoms with Gasteiger partial charge in [-0.3, -0.25) is 0 Å². The largest absolute Gasteiger partial charge is 0.496 e. The highest BCUT2D eigenvalue weighted by Gasteiger charge is 2.06. The highest BCUT2D eigenvalue weighted by Crippen LogP contribution is 2.23. The number of nitrogens with two attached hydrogens (primary N) is 1. The summed E-state index contributed by atoms with van der Waals surface area (Å²) in [7, 11) is 1.70. The SMILES string of the molecule is COc1c(C)cccc1C[C@@H](C)N. The van der Waals surface area contributed by atoms with Crippen LogP contribution in [-0.4, -0.2) is 13.2 Å². The van der Waals surface area contributed by atoms with Crippen LogP contribution in [0.1, 0.15) is 18.1 Å². The molecule has 1 rings (SSSR count). The lowest BCUT2D eigenvalue weighted by atomic mass is 10.0. The van der Waals surface area contributed by atoms with E-state index in [9.17, 15) is 0 Å². The van der Waals surface area contributed by atoms with E-state index in [1.807, 2.05) is 26.0 Å². The molecular weight excluding hydrogens is 162 g/mol. The summed E-state index contributed by atoms with van der Waals surface area (Å²) >= 11 is 0. The first kappa shape index (κ1) is 10.1. The van der Waals surface area contributed by atoms with E-state index in [2.05, 4.69) is 6.07 Å². The minimum absolute atomic E-state index is 0.177. The van der Waals surface area contributed by atoms with Gasteiger partial charge in [0.15, 0.2) is 0 Å². The Morgan fingerprint density at radius 1 is 1.46 bits per heavy atom. The van der Waals surface area contributed by atoms with E-state index < -0.39 is 0 Å². The molecule has 0 aliphatic rings. The summed E-state index contributed by atoms with van der Waals surface area (Å²) in [5, 5.41) is 0. The minimum atomic E-state index is 0.177. The summed E-state index contributed by atoms with van der Waals surface area (Å²) < 4.78 is 5.32. The van der Waals surface area contributed by atoms with Gasteiger partial charge in [0.25, 0.3) is 0 Å². The lowest BCUT2D eigenvalue weighted by Crippen LogP contribution is -2.18. The smallest absolute Gasteiger partial charge is 0.125 e. The molecule has 1 aromatic rings. The topological polar surface area (TPSA) is 35.2 Å². The van der Waals surface area contributed by atoms with Crippen molar-refractivity contribution in [2.24, 2.45) is 5.73 Å². The van der Waals surface area contributed by atoms with Gasteiger partial charge in [-0.2, -0.15) is 0 Å².